The number of carbonyl (C=O) groups is 1. The third kappa shape index (κ3) is 2.97. The van der Waals surface area contributed by atoms with Gasteiger partial charge in [0.05, 0.1) is 11.6 Å². The molecule has 0 bridgehead atoms. The van der Waals surface area contributed by atoms with E-state index in [1.54, 1.807) is 17.0 Å². The number of amides is 1. The van der Waals surface area contributed by atoms with E-state index >= 15 is 0 Å². The summed E-state index contributed by atoms with van der Waals surface area (Å²) < 4.78 is 0.933. The molecule has 1 fully saturated rings. The maximum atomic E-state index is 12.4. The van der Waals surface area contributed by atoms with E-state index in [1.807, 2.05) is 6.07 Å². The molecule has 1 aliphatic carbocycles. The van der Waals surface area contributed by atoms with Gasteiger partial charge in [0.15, 0.2) is 0 Å². The van der Waals surface area contributed by atoms with Gasteiger partial charge in [-0.2, -0.15) is 0 Å². The van der Waals surface area contributed by atoms with E-state index in [0.29, 0.717) is 17.1 Å². The molecule has 1 aliphatic rings. The monoisotopic (exact) mass is 379 g/mol. The first-order valence-corrected chi connectivity index (χ1v) is 7.46. The fourth-order valence-corrected chi connectivity index (χ4v) is 2.57. The SMILES string of the molecule is O=C(c1ccc(I)c(Cl)c1)N(CCO)C1CCC1. The maximum absolute atomic E-state index is 12.4. The van der Waals surface area contributed by atoms with Crippen LogP contribution in [0.5, 0.6) is 0 Å². The standard InChI is InChI=1S/C13H15ClINO2/c14-11-8-9(4-5-12(11)15)13(18)16(6-7-17)10-2-1-3-10/h4-5,8,10,17H,1-3,6-7H2. The van der Waals surface area contributed by atoms with Crippen molar-refractivity contribution >= 4 is 40.1 Å². The minimum atomic E-state index is -0.0351. The van der Waals surface area contributed by atoms with Gasteiger partial charge in [-0.25, -0.2) is 0 Å². The maximum Gasteiger partial charge on any atom is 0.254 e. The van der Waals surface area contributed by atoms with Crippen LogP contribution in [0.15, 0.2) is 18.2 Å². The highest BCUT2D eigenvalue weighted by molar-refractivity contribution is 14.1. The topological polar surface area (TPSA) is 40.5 Å². The zero-order chi connectivity index (χ0) is 13.1. The molecule has 0 radical (unpaired) electrons. The molecule has 0 unspecified atom stereocenters. The first-order valence-electron chi connectivity index (χ1n) is 6.00. The van der Waals surface area contributed by atoms with Crippen LogP contribution < -0.4 is 0 Å². The molecule has 0 atom stereocenters. The van der Waals surface area contributed by atoms with Gasteiger partial charge in [0.2, 0.25) is 0 Å². The molecule has 0 heterocycles. The molecule has 0 spiro atoms. The Balaban J connectivity index is 2.18. The number of carbonyl (C=O) groups excluding carboxylic acids is 1. The van der Waals surface area contributed by atoms with Crippen molar-refractivity contribution in [3.8, 4) is 0 Å². The van der Waals surface area contributed by atoms with E-state index in [4.69, 9.17) is 16.7 Å². The van der Waals surface area contributed by atoms with Crippen molar-refractivity contribution in [2.45, 2.75) is 25.3 Å². The molecule has 1 saturated carbocycles. The van der Waals surface area contributed by atoms with E-state index in [9.17, 15) is 4.79 Å². The summed E-state index contributed by atoms with van der Waals surface area (Å²) in [6.45, 7) is 0.396. The van der Waals surface area contributed by atoms with Crippen LogP contribution in [0.1, 0.15) is 29.6 Å². The molecule has 0 saturated heterocycles. The van der Waals surface area contributed by atoms with Crippen LogP contribution in [0.3, 0.4) is 0 Å². The minimum Gasteiger partial charge on any atom is -0.395 e. The van der Waals surface area contributed by atoms with Crippen molar-refractivity contribution in [3.05, 3.63) is 32.4 Å². The van der Waals surface area contributed by atoms with Gasteiger partial charge in [0, 0.05) is 21.7 Å². The molecule has 5 heteroatoms. The third-order valence-electron chi connectivity index (χ3n) is 3.28. The number of aliphatic hydroxyl groups is 1. The van der Waals surface area contributed by atoms with Crippen molar-refractivity contribution < 1.29 is 9.90 Å². The molecule has 0 aliphatic heterocycles. The quantitative estimate of drug-likeness (QED) is 0.817. The van der Waals surface area contributed by atoms with Crippen molar-refractivity contribution in [1.29, 1.82) is 0 Å². The second kappa shape index (κ2) is 6.21. The zero-order valence-corrected chi connectivity index (χ0v) is 12.8. The van der Waals surface area contributed by atoms with Crippen LogP contribution in [0.2, 0.25) is 5.02 Å². The Bertz CT molecular complexity index is 449. The number of benzene rings is 1. The highest BCUT2D eigenvalue weighted by Gasteiger charge is 2.29. The molecule has 2 rings (SSSR count). The fourth-order valence-electron chi connectivity index (χ4n) is 2.05. The summed E-state index contributed by atoms with van der Waals surface area (Å²) in [7, 11) is 0. The lowest BCUT2D eigenvalue weighted by Gasteiger charge is -2.37. The summed E-state index contributed by atoms with van der Waals surface area (Å²) in [5.74, 6) is -0.0351. The molecule has 98 valence electrons. The molecular formula is C13H15ClINO2. The summed E-state index contributed by atoms with van der Waals surface area (Å²) in [4.78, 5) is 14.2. The minimum absolute atomic E-state index is 0.000337. The van der Waals surface area contributed by atoms with Gasteiger partial charge in [0.25, 0.3) is 5.91 Å². The molecule has 1 amide bonds. The number of rotatable bonds is 4. The Hall–Kier alpha value is -0.330. The lowest BCUT2D eigenvalue weighted by atomic mass is 9.91. The summed E-state index contributed by atoms with van der Waals surface area (Å²) in [5.41, 5.74) is 0.598. The molecule has 0 aromatic heterocycles. The number of aliphatic hydroxyl groups excluding tert-OH is 1. The first kappa shape index (κ1) is 14.1. The van der Waals surface area contributed by atoms with Gasteiger partial charge in [-0.05, 0) is 60.1 Å². The average Bonchev–Trinajstić information content (AvgIpc) is 2.29. The smallest absolute Gasteiger partial charge is 0.254 e. The molecule has 1 aromatic carbocycles. The summed E-state index contributed by atoms with van der Waals surface area (Å²) in [6, 6.07) is 5.62. The Labute approximate surface area is 125 Å². The van der Waals surface area contributed by atoms with Crippen LogP contribution in [0.4, 0.5) is 0 Å². The largest absolute Gasteiger partial charge is 0.395 e. The Morgan fingerprint density at radius 1 is 1.50 bits per heavy atom. The van der Waals surface area contributed by atoms with Gasteiger partial charge in [-0.3, -0.25) is 4.79 Å². The normalized spacial score (nSPS) is 15.3. The van der Waals surface area contributed by atoms with E-state index in [-0.39, 0.29) is 18.6 Å². The van der Waals surface area contributed by atoms with Gasteiger partial charge < -0.3 is 10.0 Å². The predicted molar refractivity (Wildman–Crippen MR) is 79.9 cm³/mol. The Morgan fingerprint density at radius 2 is 2.22 bits per heavy atom. The summed E-state index contributed by atoms with van der Waals surface area (Å²) in [6.07, 6.45) is 3.22. The fraction of sp³-hybridized carbons (Fsp3) is 0.462. The van der Waals surface area contributed by atoms with Crippen molar-refractivity contribution in [1.82, 2.24) is 4.90 Å². The van der Waals surface area contributed by atoms with Crippen molar-refractivity contribution in [2.75, 3.05) is 13.2 Å². The molecule has 1 aromatic rings. The van der Waals surface area contributed by atoms with Crippen LogP contribution in [0, 0.1) is 3.57 Å². The van der Waals surface area contributed by atoms with Gasteiger partial charge in [0.1, 0.15) is 0 Å². The highest BCUT2D eigenvalue weighted by Crippen LogP contribution is 2.27. The van der Waals surface area contributed by atoms with E-state index in [1.165, 1.54) is 0 Å². The molecule has 1 N–H and O–H groups in total. The van der Waals surface area contributed by atoms with E-state index < -0.39 is 0 Å². The van der Waals surface area contributed by atoms with Crippen LogP contribution >= 0.6 is 34.2 Å². The number of hydrogen-bond donors (Lipinski definition) is 1. The molecular weight excluding hydrogens is 365 g/mol. The number of hydrogen-bond acceptors (Lipinski definition) is 2. The van der Waals surface area contributed by atoms with Gasteiger partial charge >= 0.3 is 0 Å². The van der Waals surface area contributed by atoms with E-state index in [0.717, 1.165) is 22.8 Å². The van der Waals surface area contributed by atoms with Crippen molar-refractivity contribution in [3.63, 3.8) is 0 Å². The van der Waals surface area contributed by atoms with Crippen LogP contribution in [-0.2, 0) is 0 Å². The van der Waals surface area contributed by atoms with Gasteiger partial charge in [-0.15, -0.1) is 0 Å². The van der Waals surface area contributed by atoms with E-state index in [2.05, 4.69) is 22.6 Å². The lowest BCUT2D eigenvalue weighted by molar-refractivity contribution is 0.0526. The zero-order valence-electron chi connectivity index (χ0n) is 9.90. The van der Waals surface area contributed by atoms with Crippen LogP contribution in [0.25, 0.3) is 0 Å². The summed E-state index contributed by atoms with van der Waals surface area (Å²) >= 11 is 8.17. The second-order valence-electron chi connectivity index (χ2n) is 4.44. The predicted octanol–water partition coefficient (Wildman–Crippen LogP) is 2.93. The lowest BCUT2D eigenvalue weighted by Crippen LogP contribution is -2.45. The van der Waals surface area contributed by atoms with Crippen LogP contribution in [-0.4, -0.2) is 35.1 Å². The van der Waals surface area contributed by atoms with Gasteiger partial charge in [-0.1, -0.05) is 11.6 Å². The first-order chi connectivity index (χ1) is 8.63. The second-order valence-corrected chi connectivity index (χ2v) is 6.01. The molecule has 3 nitrogen and oxygen atoms in total. The van der Waals surface area contributed by atoms with Crippen molar-refractivity contribution in [2.24, 2.45) is 0 Å². The average molecular weight is 380 g/mol. The Kier molecular flexibility index (Phi) is 4.86. The summed E-state index contributed by atoms with van der Waals surface area (Å²) in [5, 5.41) is 9.67. The Morgan fingerprint density at radius 3 is 2.72 bits per heavy atom. The third-order valence-corrected chi connectivity index (χ3v) is 4.86. The highest BCUT2D eigenvalue weighted by atomic mass is 127. The number of nitrogens with zero attached hydrogens (tertiary/aromatic N) is 1. The molecule has 18 heavy (non-hydrogen) atoms. The number of halogens is 2.